The van der Waals surface area contributed by atoms with Crippen LogP contribution in [-0.4, -0.2) is 66.9 Å². The van der Waals surface area contributed by atoms with Gasteiger partial charge >= 0.3 is 0 Å². The lowest BCUT2D eigenvalue weighted by molar-refractivity contribution is 0.0743. The zero-order valence-electron chi connectivity index (χ0n) is 13.1. The van der Waals surface area contributed by atoms with E-state index in [1.165, 1.54) is 12.0 Å². The van der Waals surface area contributed by atoms with E-state index >= 15 is 0 Å². The Labute approximate surface area is 128 Å². The van der Waals surface area contributed by atoms with Crippen LogP contribution in [0.4, 0.5) is 0 Å². The minimum Gasteiger partial charge on any atom is -0.394 e. The number of aliphatic hydroxyl groups is 1. The van der Waals surface area contributed by atoms with Crippen molar-refractivity contribution in [2.75, 3.05) is 46.0 Å². The second-order valence-corrected chi connectivity index (χ2v) is 5.77. The van der Waals surface area contributed by atoms with Crippen LogP contribution in [0.5, 0.6) is 0 Å². The van der Waals surface area contributed by atoms with Crippen molar-refractivity contribution in [3.8, 4) is 0 Å². The maximum Gasteiger partial charge on any atom is 0.0698 e. The average Bonchev–Trinajstić information content (AvgIpc) is 2.68. The molecule has 0 saturated carbocycles. The van der Waals surface area contributed by atoms with Gasteiger partial charge in [0.1, 0.15) is 0 Å². The topological polar surface area (TPSA) is 35.9 Å². The molecular weight excluding hydrogens is 264 g/mol. The van der Waals surface area contributed by atoms with E-state index in [0.717, 1.165) is 32.7 Å². The minimum absolute atomic E-state index is 0.113. The highest BCUT2D eigenvalue weighted by atomic mass is 16.5. The first-order valence-corrected chi connectivity index (χ1v) is 7.98. The van der Waals surface area contributed by atoms with Gasteiger partial charge in [-0.05, 0) is 25.5 Å². The van der Waals surface area contributed by atoms with Crippen molar-refractivity contribution in [3.05, 3.63) is 35.9 Å². The number of hydrogen-bond donors (Lipinski definition) is 1. The fourth-order valence-electron chi connectivity index (χ4n) is 2.79. The fraction of sp³-hybridized carbons (Fsp3) is 0.647. The molecule has 1 saturated heterocycles. The Morgan fingerprint density at radius 2 is 1.95 bits per heavy atom. The predicted octanol–water partition coefficient (Wildman–Crippen LogP) is 1.59. The highest BCUT2D eigenvalue weighted by molar-refractivity contribution is 5.14. The monoisotopic (exact) mass is 292 g/mol. The Hall–Kier alpha value is -0.940. The van der Waals surface area contributed by atoms with Gasteiger partial charge < -0.3 is 9.84 Å². The van der Waals surface area contributed by atoms with E-state index in [1.807, 2.05) is 0 Å². The van der Waals surface area contributed by atoms with Crippen molar-refractivity contribution in [3.63, 3.8) is 0 Å². The molecule has 0 spiro atoms. The van der Waals surface area contributed by atoms with E-state index in [0.29, 0.717) is 19.3 Å². The summed E-state index contributed by atoms with van der Waals surface area (Å²) < 4.78 is 5.37. The summed E-state index contributed by atoms with van der Waals surface area (Å²) in [6.07, 6.45) is 1.20. The van der Waals surface area contributed by atoms with E-state index in [9.17, 15) is 0 Å². The van der Waals surface area contributed by atoms with Crippen LogP contribution in [0.3, 0.4) is 0 Å². The molecule has 0 bridgehead atoms. The number of nitrogens with zero attached hydrogens (tertiary/aromatic N) is 2. The quantitative estimate of drug-likeness (QED) is 0.774. The van der Waals surface area contributed by atoms with Crippen LogP contribution in [0.2, 0.25) is 0 Å². The summed E-state index contributed by atoms with van der Waals surface area (Å²) in [6.45, 7) is 8.95. The summed E-state index contributed by atoms with van der Waals surface area (Å²) in [5, 5.41) is 8.71. The molecule has 1 unspecified atom stereocenters. The second kappa shape index (κ2) is 9.15. The molecule has 1 heterocycles. The van der Waals surface area contributed by atoms with Crippen molar-refractivity contribution in [2.24, 2.45) is 0 Å². The molecular formula is C17H28N2O2. The average molecular weight is 292 g/mol. The number of aliphatic hydroxyl groups excluding tert-OH is 1. The highest BCUT2D eigenvalue weighted by Crippen LogP contribution is 2.14. The molecule has 0 aliphatic carbocycles. The van der Waals surface area contributed by atoms with E-state index in [1.54, 1.807) is 0 Å². The van der Waals surface area contributed by atoms with Crippen LogP contribution in [-0.2, 0) is 11.3 Å². The standard InChI is InChI=1S/C17H28N2O2/c1-16-7-8-18(11-13-21-14-12-20)9-10-19(16)15-17-5-3-2-4-6-17/h2-6,16,20H,7-15H2,1H3. The van der Waals surface area contributed by atoms with Gasteiger partial charge in [0, 0.05) is 32.2 Å². The molecule has 0 radical (unpaired) electrons. The molecule has 2 rings (SSSR count). The summed E-state index contributed by atoms with van der Waals surface area (Å²) in [7, 11) is 0. The van der Waals surface area contributed by atoms with Crippen LogP contribution in [0, 0.1) is 0 Å². The predicted molar refractivity (Wildman–Crippen MR) is 85.3 cm³/mol. The summed E-state index contributed by atoms with van der Waals surface area (Å²) in [6, 6.07) is 11.3. The molecule has 118 valence electrons. The van der Waals surface area contributed by atoms with Gasteiger partial charge in [-0.1, -0.05) is 30.3 Å². The van der Waals surface area contributed by atoms with Crippen LogP contribution < -0.4 is 0 Å². The number of hydrogen-bond acceptors (Lipinski definition) is 4. The van der Waals surface area contributed by atoms with Crippen molar-refractivity contribution in [2.45, 2.75) is 25.9 Å². The van der Waals surface area contributed by atoms with Crippen molar-refractivity contribution >= 4 is 0 Å². The Balaban J connectivity index is 1.78. The number of benzene rings is 1. The lowest BCUT2D eigenvalue weighted by atomic mass is 10.1. The van der Waals surface area contributed by atoms with Crippen LogP contribution >= 0.6 is 0 Å². The summed E-state index contributed by atoms with van der Waals surface area (Å²) in [4.78, 5) is 5.04. The Morgan fingerprint density at radius 3 is 2.71 bits per heavy atom. The van der Waals surface area contributed by atoms with E-state index in [-0.39, 0.29) is 6.61 Å². The Kier molecular flexibility index (Phi) is 7.16. The largest absolute Gasteiger partial charge is 0.394 e. The summed E-state index contributed by atoms with van der Waals surface area (Å²) in [5.41, 5.74) is 1.39. The Bertz CT molecular complexity index is 386. The molecule has 4 nitrogen and oxygen atoms in total. The lowest BCUT2D eigenvalue weighted by Crippen LogP contribution is -2.35. The highest BCUT2D eigenvalue weighted by Gasteiger charge is 2.20. The van der Waals surface area contributed by atoms with Crippen LogP contribution in [0.25, 0.3) is 0 Å². The van der Waals surface area contributed by atoms with Gasteiger partial charge in [0.25, 0.3) is 0 Å². The van der Waals surface area contributed by atoms with Gasteiger partial charge in [0.2, 0.25) is 0 Å². The third kappa shape index (κ3) is 5.75. The van der Waals surface area contributed by atoms with Gasteiger partial charge in [-0.2, -0.15) is 0 Å². The number of ether oxygens (including phenoxy) is 1. The first-order chi connectivity index (χ1) is 10.3. The summed E-state index contributed by atoms with van der Waals surface area (Å²) >= 11 is 0. The molecule has 4 heteroatoms. The first kappa shape index (κ1) is 16.4. The van der Waals surface area contributed by atoms with Crippen LogP contribution in [0.1, 0.15) is 18.9 Å². The van der Waals surface area contributed by atoms with Gasteiger partial charge in [0.15, 0.2) is 0 Å². The van der Waals surface area contributed by atoms with Crippen molar-refractivity contribution in [1.82, 2.24) is 9.80 Å². The van der Waals surface area contributed by atoms with Crippen molar-refractivity contribution < 1.29 is 9.84 Å². The zero-order chi connectivity index (χ0) is 14.9. The maximum atomic E-state index is 8.71. The van der Waals surface area contributed by atoms with Gasteiger partial charge in [-0.15, -0.1) is 0 Å². The lowest BCUT2D eigenvalue weighted by Gasteiger charge is -2.26. The van der Waals surface area contributed by atoms with Gasteiger partial charge in [0.05, 0.1) is 19.8 Å². The molecule has 1 aromatic carbocycles. The van der Waals surface area contributed by atoms with Crippen molar-refractivity contribution in [1.29, 1.82) is 0 Å². The molecule has 1 aliphatic rings. The molecule has 0 amide bonds. The molecule has 1 N–H and O–H groups in total. The van der Waals surface area contributed by atoms with Gasteiger partial charge in [-0.3, -0.25) is 9.80 Å². The molecule has 1 aromatic rings. The normalized spacial score (nSPS) is 21.3. The molecule has 21 heavy (non-hydrogen) atoms. The zero-order valence-corrected chi connectivity index (χ0v) is 13.1. The smallest absolute Gasteiger partial charge is 0.0698 e. The molecule has 1 fully saturated rings. The number of rotatable bonds is 7. The molecule has 1 aliphatic heterocycles. The van der Waals surface area contributed by atoms with Crippen LogP contribution in [0.15, 0.2) is 30.3 Å². The SMILES string of the molecule is CC1CCN(CCOCCO)CCN1Cc1ccccc1. The Morgan fingerprint density at radius 1 is 1.14 bits per heavy atom. The first-order valence-electron chi connectivity index (χ1n) is 7.98. The second-order valence-electron chi connectivity index (χ2n) is 5.77. The fourth-order valence-corrected chi connectivity index (χ4v) is 2.79. The minimum atomic E-state index is 0.113. The maximum absolute atomic E-state index is 8.71. The summed E-state index contributed by atoms with van der Waals surface area (Å²) in [5.74, 6) is 0. The third-order valence-corrected chi connectivity index (χ3v) is 4.21. The van der Waals surface area contributed by atoms with E-state index < -0.39 is 0 Å². The third-order valence-electron chi connectivity index (χ3n) is 4.21. The van der Waals surface area contributed by atoms with E-state index in [2.05, 4.69) is 47.1 Å². The molecule has 1 atom stereocenters. The molecule has 0 aromatic heterocycles. The van der Waals surface area contributed by atoms with Gasteiger partial charge in [-0.25, -0.2) is 0 Å². The van der Waals surface area contributed by atoms with E-state index in [4.69, 9.17) is 9.84 Å².